The molecular formula is C2H5BrO2. The molecule has 0 rings (SSSR count). The molecule has 1 atom stereocenters. The average molecular weight is 141 g/mol. The van der Waals surface area contributed by atoms with Gasteiger partial charge < -0.3 is 10.2 Å². The Kier molecular flexibility index (Phi) is 2.84. The van der Waals surface area contributed by atoms with Crippen molar-refractivity contribution >= 4 is 15.9 Å². The molecule has 0 saturated carbocycles. The Labute approximate surface area is 38.6 Å². The minimum absolute atomic E-state index is 0.222. The maximum atomic E-state index is 8.03. The van der Waals surface area contributed by atoms with Crippen molar-refractivity contribution in [2.24, 2.45) is 0 Å². The average Bonchev–Trinajstić information content (AvgIpc) is 1.38. The zero-order valence-corrected chi connectivity index (χ0v) is 4.14. The number of aliphatic hydroxyl groups excluding tert-OH is 2. The van der Waals surface area contributed by atoms with Gasteiger partial charge >= 0.3 is 0 Å². The molecule has 0 heterocycles. The van der Waals surface area contributed by atoms with Crippen molar-refractivity contribution < 1.29 is 10.2 Å². The first kappa shape index (κ1) is 5.40. The van der Waals surface area contributed by atoms with Crippen molar-refractivity contribution in [2.75, 3.05) is 6.61 Å². The molecule has 0 aliphatic rings. The van der Waals surface area contributed by atoms with Crippen molar-refractivity contribution in [3.05, 3.63) is 0 Å². The van der Waals surface area contributed by atoms with E-state index >= 15 is 0 Å². The maximum absolute atomic E-state index is 8.03. The van der Waals surface area contributed by atoms with Crippen LogP contribution >= 0.6 is 15.9 Å². The van der Waals surface area contributed by atoms with Gasteiger partial charge in [-0.05, 0) is 0 Å². The Bertz CT molecular complexity index is 21.6. The van der Waals surface area contributed by atoms with Crippen LogP contribution in [0.25, 0.3) is 0 Å². The van der Waals surface area contributed by atoms with Crippen LogP contribution in [0.2, 0.25) is 0 Å². The van der Waals surface area contributed by atoms with Crippen molar-refractivity contribution in [3.63, 3.8) is 0 Å². The van der Waals surface area contributed by atoms with Crippen molar-refractivity contribution in [1.82, 2.24) is 0 Å². The topological polar surface area (TPSA) is 40.5 Å². The molecule has 0 radical (unpaired) electrons. The third kappa shape index (κ3) is 4.40. The summed E-state index contributed by atoms with van der Waals surface area (Å²) in [5.41, 5.74) is 0. The van der Waals surface area contributed by atoms with Crippen LogP contribution in [-0.4, -0.2) is 21.8 Å². The normalized spacial score (nSPS) is 15.0. The minimum atomic E-state index is -0.748. The van der Waals surface area contributed by atoms with Crippen LogP contribution in [0.15, 0.2) is 0 Å². The third-order valence-electron chi connectivity index (χ3n) is 0.151. The number of halogens is 1. The standard InChI is InChI=1S/C2H5BrO2/c3-2(5)1-4/h2,4-5H,1H2. The van der Waals surface area contributed by atoms with Crippen LogP contribution in [0, 0.1) is 0 Å². The van der Waals surface area contributed by atoms with E-state index in [9.17, 15) is 0 Å². The van der Waals surface area contributed by atoms with E-state index in [1.165, 1.54) is 0 Å². The molecule has 5 heavy (non-hydrogen) atoms. The maximum Gasteiger partial charge on any atom is 0.131 e. The molecule has 3 heteroatoms. The molecule has 0 aliphatic carbocycles. The monoisotopic (exact) mass is 140 g/mol. The van der Waals surface area contributed by atoms with Crippen LogP contribution in [0.5, 0.6) is 0 Å². The molecule has 32 valence electrons. The molecule has 0 amide bonds. The van der Waals surface area contributed by atoms with Crippen LogP contribution in [0.3, 0.4) is 0 Å². The van der Waals surface area contributed by atoms with Gasteiger partial charge in [0.2, 0.25) is 0 Å². The van der Waals surface area contributed by atoms with Crippen molar-refractivity contribution in [3.8, 4) is 0 Å². The lowest BCUT2D eigenvalue weighted by atomic mass is 10.8. The zero-order valence-electron chi connectivity index (χ0n) is 2.56. The van der Waals surface area contributed by atoms with Crippen LogP contribution in [-0.2, 0) is 0 Å². The van der Waals surface area contributed by atoms with Gasteiger partial charge in [-0.3, -0.25) is 0 Å². The van der Waals surface area contributed by atoms with Gasteiger partial charge in [0.15, 0.2) is 0 Å². The first-order chi connectivity index (χ1) is 2.27. The van der Waals surface area contributed by atoms with Gasteiger partial charge in [0.1, 0.15) is 5.01 Å². The highest BCUT2D eigenvalue weighted by Gasteiger charge is 1.86. The lowest BCUT2D eigenvalue weighted by Crippen LogP contribution is -1.99. The van der Waals surface area contributed by atoms with E-state index in [-0.39, 0.29) is 6.61 Å². The fourth-order valence-corrected chi connectivity index (χ4v) is 0. The van der Waals surface area contributed by atoms with E-state index in [1.807, 2.05) is 0 Å². The van der Waals surface area contributed by atoms with Gasteiger partial charge in [-0.15, -0.1) is 0 Å². The van der Waals surface area contributed by atoms with Gasteiger partial charge in [-0.25, -0.2) is 0 Å². The summed E-state index contributed by atoms with van der Waals surface area (Å²) in [7, 11) is 0. The summed E-state index contributed by atoms with van der Waals surface area (Å²) in [5, 5.41) is 15.1. The van der Waals surface area contributed by atoms with Gasteiger partial charge in [-0.2, -0.15) is 0 Å². The molecule has 0 bridgehead atoms. The number of rotatable bonds is 1. The van der Waals surface area contributed by atoms with Crippen LogP contribution in [0.1, 0.15) is 0 Å². The predicted octanol–water partition coefficient (Wildman–Crippen LogP) is -0.308. The molecule has 0 saturated heterocycles. The third-order valence-corrected chi connectivity index (χ3v) is 0.440. The Balaban J connectivity index is 2.54. The number of hydrogen-bond donors (Lipinski definition) is 2. The largest absolute Gasteiger partial charge is 0.393 e. The second kappa shape index (κ2) is 2.63. The van der Waals surface area contributed by atoms with E-state index < -0.39 is 5.01 Å². The highest BCUT2D eigenvalue weighted by molar-refractivity contribution is 9.09. The van der Waals surface area contributed by atoms with E-state index in [4.69, 9.17) is 10.2 Å². The van der Waals surface area contributed by atoms with Gasteiger partial charge in [0.25, 0.3) is 0 Å². The summed E-state index contributed by atoms with van der Waals surface area (Å²) in [6.45, 7) is -0.222. The Hall–Kier alpha value is 0.400. The molecule has 2 N–H and O–H groups in total. The molecule has 0 aromatic carbocycles. The fraction of sp³-hybridized carbons (Fsp3) is 1.00. The van der Waals surface area contributed by atoms with Gasteiger partial charge in [0.05, 0.1) is 6.61 Å². The SMILES string of the molecule is OCC(O)Br. The highest BCUT2D eigenvalue weighted by atomic mass is 79.9. The van der Waals surface area contributed by atoms with E-state index in [0.29, 0.717) is 0 Å². The number of aliphatic hydroxyl groups is 2. The summed E-state index contributed by atoms with van der Waals surface area (Å²) in [6, 6.07) is 0. The molecule has 0 aromatic rings. The summed E-state index contributed by atoms with van der Waals surface area (Å²) >= 11 is 2.68. The van der Waals surface area contributed by atoms with Crippen LogP contribution < -0.4 is 0 Å². The molecule has 0 aromatic heterocycles. The summed E-state index contributed by atoms with van der Waals surface area (Å²) in [4.78, 5) is 0. The molecule has 0 aliphatic heterocycles. The fourth-order valence-electron chi connectivity index (χ4n) is 0. The van der Waals surface area contributed by atoms with E-state index in [0.717, 1.165) is 0 Å². The predicted molar refractivity (Wildman–Crippen MR) is 22.0 cm³/mol. The molecule has 1 unspecified atom stereocenters. The van der Waals surface area contributed by atoms with Gasteiger partial charge in [-0.1, -0.05) is 15.9 Å². The highest BCUT2D eigenvalue weighted by Crippen LogP contribution is 1.87. The van der Waals surface area contributed by atoms with Crippen molar-refractivity contribution in [1.29, 1.82) is 0 Å². The quantitative estimate of drug-likeness (QED) is 0.491. The number of hydrogen-bond acceptors (Lipinski definition) is 2. The van der Waals surface area contributed by atoms with E-state index in [1.54, 1.807) is 0 Å². The lowest BCUT2D eigenvalue weighted by molar-refractivity contribution is 0.165. The second-order valence-corrected chi connectivity index (χ2v) is 1.67. The minimum Gasteiger partial charge on any atom is -0.393 e. The van der Waals surface area contributed by atoms with Crippen molar-refractivity contribution in [2.45, 2.75) is 5.01 Å². The molecule has 0 spiro atoms. The molecular weight excluding hydrogens is 136 g/mol. The smallest absolute Gasteiger partial charge is 0.131 e. The Morgan fingerprint density at radius 1 is 1.80 bits per heavy atom. The first-order valence-electron chi connectivity index (χ1n) is 1.20. The lowest BCUT2D eigenvalue weighted by Gasteiger charge is -1.87. The first-order valence-corrected chi connectivity index (χ1v) is 2.12. The molecule has 0 fully saturated rings. The summed E-state index contributed by atoms with van der Waals surface area (Å²) in [6.07, 6.45) is 0. The Morgan fingerprint density at radius 3 is 2.00 bits per heavy atom. The Morgan fingerprint density at radius 2 is 2.00 bits per heavy atom. The zero-order chi connectivity index (χ0) is 4.28. The number of alkyl halides is 1. The van der Waals surface area contributed by atoms with Crippen LogP contribution in [0.4, 0.5) is 0 Å². The summed E-state index contributed by atoms with van der Waals surface area (Å²) < 4.78 is 0. The van der Waals surface area contributed by atoms with Gasteiger partial charge in [0, 0.05) is 0 Å². The molecule has 2 nitrogen and oxygen atoms in total. The van der Waals surface area contributed by atoms with E-state index in [2.05, 4.69) is 15.9 Å². The summed E-state index contributed by atoms with van der Waals surface area (Å²) in [5.74, 6) is 0. The second-order valence-electron chi connectivity index (χ2n) is 0.617.